The normalized spacial score (nSPS) is 11.4. The van der Waals surface area contributed by atoms with Gasteiger partial charge in [0.25, 0.3) is 10.0 Å². The van der Waals surface area contributed by atoms with Gasteiger partial charge in [0.2, 0.25) is 0 Å². The molecule has 0 aliphatic carbocycles. The third-order valence-corrected chi connectivity index (χ3v) is 5.91. The quantitative estimate of drug-likeness (QED) is 0.420. The summed E-state index contributed by atoms with van der Waals surface area (Å²) in [4.78, 5) is 10.6. The van der Waals surface area contributed by atoms with E-state index in [0.717, 1.165) is 12.1 Å². The second-order valence-electron chi connectivity index (χ2n) is 5.89. The predicted octanol–water partition coefficient (Wildman–Crippen LogP) is 4.36. The van der Waals surface area contributed by atoms with Gasteiger partial charge < -0.3 is 10.3 Å². The summed E-state index contributed by atoms with van der Waals surface area (Å²) in [5.74, 6) is -1.39. The number of benzene rings is 2. The molecule has 148 valence electrons. The topological polar surface area (TPSA) is 99.8 Å². The van der Waals surface area contributed by atoms with Crippen molar-refractivity contribution in [2.45, 2.75) is 5.03 Å². The highest BCUT2D eigenvalue weighted by Gasteiger charge is 2.16. The number of rotatable bonds is 6. The van der Waals surface area contributed by atoms with Gasteiger partial charge in [-0.1, -0.05) is 12.1 Å². The van der Waals surface area contributed by atoms with Crippen molar-refractivity contribution in [3.8, 4) is 11.3 Å². The molecule has 3 N–H and O–H groups in total. The minimum atomic E-state index is -3.78. The van der Waals surface area contributed by atoms with Gasteiger partial charge in [-0.2, -0.15) is 8.42 Å². The van der Waals surface area contributed by atoms with Gasteiger partial charge in [0.15, 0.2) is 10.2 Å². The number of hydrogen-bond acceptors (Lipinski definition) is 6. The Morgan fingerprint density at radius 1 is 1.10 bits per heavy atom. The predicted molar refractivity (Wildman–Crippen MR) is 107 cm³/mol. The summed E-state index contributed by atoms with van der Waals surface area (Å²) in [6, 6.07) is 9.91. The molecule has 4 rings (SSSR count). The molecule has 2 aromatic carbocycles. The highest BCUT2D eigenvalue weighted by molar-refractivity contribution is 7.92. The van der Waals surface area contributed by atoms with Crippen LogP contribution in [0.5, 0.6) is 0 Å². The second-order valence-corrected chi connectivity index (χ2v) is 8.40. The van der Waals surface area contributed by atoms with Gasteiger partial charge in [0.05, 0.1) is 23.9 Å². The smallest absolute Gasteiger partial charge is 0.278 e. The number of anilines is 3. The Morgan fingerprint density at radius 3 is 2.72 bits per heavy atom. The second kappa shape index (κ2) is 7.60. The summed E-state index contributed by atoms with van der Waals surface area (Å²) in [7, 11) is -3.78. The lowest BCUT2D eigenvalue weighted by molar-refractivity contribution is 0.586. The van der Waals surface area contributed by atoms with E-state index in [0.29, 0.717) is 22.1 Å². The molecular weight excluding hydrogens is 420 g/mol. The number of hydrogen-bond donors (Lipinski definition) is 3. The fourth-order valence-corrected chi connectivity index (χ4v) is 4.20. The Balaban J connectivity index is 1.55. The van der Waals surface area contributed by atoms with Crippen LogP contribution in [0.15, 0.2) is 65.4 Å². The first kappa shape index (κ1) is 19.0. The van der Waals surface area contributed by atoms with Crippen LogP contribution in [0.2, 0.25) is 0 Å². The lowest BCUT2D eigenvalue weighted by atomic mass is 10.1. The number of nitrogens with zero attached hydrogens (tertiary/aromatic N) is 2. The molecule has 0 saturated heterocycles. The fraction of sp³-hybridized carbons (Fsp3) is 0. The number of sulfonamides is 1. The number of nitrogens with one attached hydrogen (secondary N) is 3. The van der Waals surface area contributed by atoms with E-state index in [1.54, 1.807) is 29.6 Å². The summed E-state index contributed by atoms with van der Waals surface area (Å²) in [6.45, 7) is 0. The van der Waals surface area contributed by atoms with E-state index in [1.165, 1.54) is 29.9 Å². The van der Waals surface area contributed by atoms with E-state index in [1.807, 2.05) is 0 Å². The highest BCUT2D eigenvalue weighted by atomic mass is 32.2. The first-order valence-corrected chi connectivity index (χ1v) is 10.6. The van der Waals surface area contributed by atoms with Gasteiger partial charge >= 0.3 is 0 Å². The average molecular weight is 433 g/mol. The zero-order valence-corrected chi connectivity index (χ0v) is 16.2. The van der Waals surface area contributed by atoms with Crippen molar-refractivity contribution in [1.82, 2.24) is 15.0 Å². The molecule has 11 heteroatoms. The largest absolute Gasteiger partial charge is 0.334 e. The van der Waals surface area contributed by atoms with Crippen LogP contribution in [0.1, 0.15) is 0 Å². The summed E-state index contributed by atoms with van der Waals surface area (Å²) in [5, 5.41) is 4.91. The van der Waals surface area contributed by atoms with Gasteiger partial charge in [-0.15, -0.1) is 11.3 Å². The monoisotopic (exact) mass is 433 g/mol. The van der Waals surface area contributed by atoms with Crippen LogP contribution in [0.4, 0.5) is 25.3 Å². The lowest BCUT2D eigenvalue weighted by Crippen LogP contribution is -2.13. The molecule has 0 unspecified atom stereocenters. The van der Waals surface area contributed by atoms with E-state index in [-0.39, 0.29) is 10.7 Å². The maximum Gasteiger partial charge on any atom is 0.278 e. The molecule has 4 aromatic rings. The third kappa shape index (κ3) is 4.25. The maximum absolute atomic E-state index is 13.8. The zero-order valence-electron chi connectivity index (χ0n) is 14.6. The molecule has 0 saturated carbocycles. The van der Waals surface area contributed by atoms with Crippen molar-refractivity contribution in [2.75, 3.05) is 10.0 Å². The maximum atomic E-state index is 13.8. The van der Waals surface area contributed by atoms with Crippen LogP contribution in [-0.4, -0.2) is 23.4 Å². The molecular formula is C18H13F2N5O2S2. The van der Waals surface area contributed by atoms with E-state index < -0.39 is 21.7 Å². The van der Waals surface area contributed by atoms with Crippen molar-refractivity contribution in [1.29, 1.82) is 0 Å². The zero-order chi connectivity index (χ0) is 20.4. The molecule has 7 nitrogen and oxygen atoms in total. The Labute approximate surface area is 168 Å². The van der Waals surface area contributed by atoms with Crippen LogP contribution in [0.3, 0.4) is 0 Å². The molecule has 29 heavy (non-hydrogen) atoms. The molecule has 0 radical (unpaired) electrons. The van der Waals surface area contributed by atoms with Crippen molar-refractivity contribution in [2.24, 2.45) is 0 Å². The van der Waals surface area contributed by atoms with Gasteiger partial charge in [0.1, 0.15) is 11.6 Å². The minimum absolute atomic E-state index is 0.0515. The van der Waals surface area contributed by atoms with Gasteiger partial charge in [-0.3, -0.25) is 4.72 Å². The molecule has 0 aliphatic rings. The van der Waals surface area contributed by atoms with Crippen molar-refractivity contribution in [3.05, 3.63) is 72.0 Å². The molecule has 0 atom stereocenters. The Kier molecular flexibility index (Phi) is 4.99. The number of aromatic amines is 1. The fourth-order valence-electron chi connectivity index (χ4n) is 2.51. The van der Waals surface area contributed by atoms with Crippen LogP contribution >= 0.6 is 11.3 Å². The minimum Gasteiger partial charge on any atom is -0.334 e. The van der Waals surface area contributed by atoms with Crippen LogP contribution in [-0.2, 0) is 10.0 Å². The summed E-state index contributed by atoms with van der Waals surface area (Å²) >= 11 is 1.23. The van der Waals surface area contributed by atoms with Gasteiger partial charge in [-0.05, 0) is 24.3 Å². The molecule has 2 aromatic heterocycles. The van der Waals surface area contributed by atoms with Crippen molar-refractivity contribution >= 4 is 37.9 Å². The number of aromatic nitrogens is 3. The van der Waals surface area contributed by atoms with E-state index >= 15 is 0 Å². The van der Waals surface area contributed by atoms with Gasteiger partial charge in [-0.25, -0.2) is 18.7 Å². The summed E-state index contributed by atoms with van der Waals surface area (Å²) in [6.07, 6.45) is 2.48. The summed E-state index contributed by atoms with van der Waals surface area (Å²) < 4.78 is 53.9. The highest BCUT2D eigenvalue weighted by Crippen LogP contribution is 2.30. The first-order valence-electron chi connectivity index (χ1n) is 8.20. The first-order chi connectivity index (χ1) is 13.9. The molecule has 0 aliphatic heterocycles. The number of halogens is 2. The Hall–Kier alpha value is -3.31. The van der Waals surface area contributed by atoms with Crippen LogP contribution in [0, 0.1) is 11.6 Å². The number of thiazole rings is 1. The number of imidazole rings is 1. The summed E-state index contributed by atoms with van der Waals surface area (Å²) in [5.41, 5.74) is 1.69. The van der Waals surface area contributed by atoms with Gasteiger partial charge in [0, 0.05) is 22.7 Å². The molecule has 0 fully saturated rings. The molecule has 0 amide bonds. The lowest BCUT2D eigenvalue weighted by Gasteiger charge is -2.07. The van der Waals surface area contributed by atoms with Crippen LogP contribution in [0.25, 0.3) is 11.3 Å². The molecule has 0 spiro atoms. The third-order valence-electron chi connectivity index (χ3n) is 3.85. The Morgan fingerprint density at radius 2 is 1.97 bits per heavy atom. The SMILES string of the molecule is O=S(=O)(Nc1cccc(-c2csc(Nc3ccc(F)cc3F)n2)c1)c1cnc[nH]1. The average Bonchev–Trinajstić information content (AvgIpc) is 3.36. The molecule has 0 bridgehead atoms. The van der Waals surface area contributed by atoms with Crippen molar-refractivity contribution in [3.63, 3.8) is 0 Å². The van der Waals surface area contributed by atoms with Crippen molar-refractivity contribution < 1.29 is 17.2 Å². The van der Waals surface area contributed by atoms with E-state index in [4.69, 9.17) is 0 Å². The van der Waals surface area contributed by atoms with Crippen LogP contribution < -0.4 is 10.0 Å². The standard InChI is InChI=1S/C18H13F2N5O2S2/c19-12-4-5-15(14(20)7-12)23-18-24-16(9-28-18)11-2-1-3-13(6-11)25-29(26,27)17-8-21-10-22-17/h1-10,25H,(H,21,22)(H,23,24). The number of H-pyrrole nitrogens is 1. The molecule has 2 heterocycles. The van der Waals surface area contributed by atoms with E-state index in [9.17, 15) is 17.2 Å². The Bertz CT molecular complexity index is 1260. The van der Waals surface area contributed by atoms with E-state index in [2.05, 4.69) is 25.0 Å².